The highest BCUT2D eigenvalue weighted by Gasteiger charge is 2.24. The first-order chi connectivity index (χ1) is 17.3. The maximum atomic E-state index is 14.0. The monoisotopic (exact) mass is 504 g/mol. The van der Waals surface area contributed by atoms with Crippen LogP contribution in [-0.2, 0) is 24.8 Å². The molecule has 5 nitrogen and oxygen atoms in total. The van der Waals surface area contributed by atoms with Crippen LogP contribution in [-0.4, -0.2) is 30.7 Å². The fourth-order valence-electron chi connectivity index (χ4n) is 4.84. The van der Waals surface area contributed by atoms with Crippen LogP contribution >= 0.6 is 11.6 Å². The number of carbonyl (C=O) groups excluding carboxylic acids is 1. The number of aryl methyl sites for hydroxylation is 1. The van der Waals surface area contributed by atoms with Crippen molar-refractivity contribution in [2.75, 3.05) is 25.2 Å². The molecular formula is C30H33ClN2O3. The molecule has 2 aliphatic rings. The Balaban J connectivity index is 1.42. The van der Waals surface area contributed by atoms with E-state index < -0.39 is 0 Å². The largest absolute Gasteiger partial charge is 0.454 e. The Labute approximate surface area is 218 Å². The van der Waals surface area contributed by atoms with Gasteiger partial charge in [-0.3, -0.25) is 4.79 Å². The summed E-state index contributed by atoms with van der Waals surface area (Å²) in [5.41, 5.74) is 6.25. The van der Waals surface area contributed by atoms with E-state index in [1.807, 2.05) is 29.2 Å². The van der Waals surface area contributed by atoms with E-state index >= 15 is 0 Å². The zero-order chi connectivity index (χ0) is 25.3. The molecule has 0 atom stereocenters. The number of ether oxygens (including phenoxy) is 2. The molecule has 0 saturated heterocycles. The second kappa shape index (κ2) is 10.1. The summed E-state index contributed by atoms with van der Waals surface area (Å²) in [6, 6.07) is 18.4. The van der Waals surface area contributed by atoms with Crippen LogP contribution in [0, 0.1) is 0 Å². The lowest BCUT2D eigenvalue weighted by molar-refractivity contribution is 0.0746. The third-order valence-electron chi connectivity index (χ3n) is 6.93. The van der Waals surface area contributed by atoms with Crippen LogP contribution in [0.5, 0.6) is 11.5 Å². The average molecular weight is 505 g/mol. The summed E-state index contributed by atoms with van der Waals surface area (Å²) in [6.07, 6.45) is 2.67. The lowest BCUT2D eigenvalue weighted by Crippen LogP contribution is -2.33. The van der Waals surface area contributed by atoms with Crippen molar-refractivity contribution in [3.05, 3.63) is 87.4 Å². The van der Waals surface area contributed by atoms with Crippen LogP contribution < -0.4 is 14.8 Å². The second-order valence-corrected chi connectivity index (χ2v) is 11.1. The summed E-state index contributed by atoms with van der Waals surface area (Å²) in [7, 11) is 0. The molecule has 1 amide bonds. The maximum Gasteiger partial charge on any atom is 0.256 e. The Morgan fingerprint density at radius 1 is 1.00 bits per heavy atom. The highest BCUT2D eigenvalue weighted by molar-refractivity contribution is 6.31. The summed E-state index contributed by atoms with van der Waals surface area (Å²) < 4.78 is 11.0. The van der Waals surface area contributed by atoms with E-state index in [4.69, 9.17) is 21.1 Å². The molecule has 1 N–H and O–H groups in total. The second-order valence-electron chi connectivity index (χ2n) is 10.6. The lowest BCUT2D eigenvalue weighted by atomic mass is 9.87. The minimum absolute atomic E-state index is 0.0104. The minimum atomic E-state index is -0.0104. The Bertz CT molecular complexity index is 1260. The fraction of sp³-hybridized carbons (Fsp3) is 0.367. The molecule has 0 saturated carbocycles. The average Bonchev–Trinajstić information content (AvgIpc) is 3.33. The van der Waals surface area contributed by atoms with Crippen LogP contribution in [0.1, 0.15) is 59.8 Å². The van der Waals surface area contributed by atoms with Gasteiger partial charge in [-0.1, -0.05) is 62.7 Å². The van der Waals surface area contributed by atoms with Crippen LogP contribution in [0.3, 0.4) is 0 Å². The molecule has 0 radical (unpaired) electrons. The standard InChI is InChI=1S/C30H33ClN2O3/c1-30(2,3)23-9-6-21(7-10-23)18-33(14-12-20-8-11-26-27(15-20)36-19-35-26)29(34)25-17-24(31)16-22-5-4-13-32-28(22)25/h6-11,15-17,32H,4-5,12-14,18-19H2,1-3H3. The first-order valence-corrected chi connectivity index (χ1v) is 13.0. The summed E-state index contributed by atoms with van der Waals surface area (Å²) in [5.74, 6) is 1.52. The van der Waals surface area contributed by atoms with E-state index in [0.717, 1.165) is 53.3 Å². The SMILES string of the molecule is CC(C)(C)c1ccc(CN(CCc2ccc3c(c2)OCO3)C(=O)c2cc(Cl)cc3c2NCCC3)cc1. The third-order valence-corrected chi connectivity index (χ3v) is 7.15. The van der Waals surface area contributed by atoms with E-state index in [0.29, 0.717) is 30.1 Å². The number of halogens is 1. The number of hydrogen-bond donors (Lipinski definition) is 1. The molecule has 0 unspecified atom stereocenters. The van der Waals surface area contributed by atoms with E-state index in [1.165, 1.54) is 5.56 Å². The van der Waals surface area contributed by atoms with Crippen molar-refractivity contribution in [3.63, 3.8) is 0 Å². The molecular weight excluding hydrogens is 472 g/mol. The van der Waals surface area contributed by atoms with E-state index in [9.17, 15) is 4.79 Å². The number of nitrogens with one attached hydrogen (secondary N) is 1. The summed E-state index contributed by atoms with van der Waals surface area (Å²) in [5, 5.41) is 4.05. The van der Waals surface area contributed by atoms with E-state index in [2.05, 4.69) is 50.4 Å². The first-order valence-electron chi connectivity index (χ1n) is 12.6. The topological polar surface area (TPSA) is 50.8 Å². The number of carbonyl (C=O) groups is 1. The van der Waals surface area contributed by atoms with Gasteiger partial charge in [0, 0.05) is 24.7 Å². The highest BCUT2D eigenvalue weighted by Crippen LogP contribution is 2.34. The van der Waals surface area contributed by atoms with Crippen LogP contribution in [0.15, 0.2) is 54.6 Å². The molecule has 3 aromatic rings. The molecule has 0 bridgehead atoms. The highest BCUT2D eigenvalue weighted by atomic mass is 35.5. The molecule has 0 spiro atoms. The van der Waals surface area contributed by atoms with Crippen molar-refractivity contribution in [3.8, 4) is 11.5 Å². The zero-order valence-electron chi connectivity index (χ0n) is 21.2. The van der Waals surface area contributed by atoms with Crippen LogP contribution in [0.4, 0.5) is 5.69 Å². The van der Waals surface area contributed by atoms with Gasteiger partial charge in [-0.05, 0) is 71.2 Å². The number of nitrogens with zero attached hydrogens (tertiary/aromatic N) is 1. The third kappa shape index (κ3) is 5.31. The number of rotatable bonds is 6. The molecule has 0 aliphatic carbocycles. The molecule has 2 heterocycles. The molecule has 3 aromatic carbocycles. The van der Waals surface area contributed by atoms with Gasteiger partial charge in [0.1, 0.15) is 0 Å². The first kappa shape index (κ1) is 24.5. The van der Waals surface area contributed by atoms with Gasteiger partial charge in [-0.25, -0.2) is 0 Å². The zero-order valence-corrected chi connectivity index (χ0v) is 22.0. The van der Waals surface area contributed by atoms with Crippen molar-refractivity contribution < 1.29 is 14.3 Å². The number of hydrogen-bond acceptors (Lipinski definition) is 4. The number of benzene rings is 3. The number of fused-ring (bicyclic) bond motifs is 2. The summed E-state index contributed by atoms with van der Waals surface area (Å²) in [6.45, 7) is 8.83. The van der Waals surface area contributed by atoms with Crippen molar-refractivity contribution in [1.29, 1.82) is 0 Å². The van der Waals surface area contributed by atoms with Crippen molar-refractivity contribution >= 4 is 23.2 Å². The molecule has 2 aliphatic heterocycles. The summed E-state index contributed by atoms with van der Waals surface area (Å²) >= 11 is 6.45. The van der Waals surface area contributed by atoms with Gasteiger partial charge in [0.25, 0.3) is 5.91 Å². The normalized spacial score (nSPS) is 14.2. The van der Waals surface area contributed by atoms with Crippen molar-refractivity contribution in [2.24, 2.45) is 0 Å². The maximum absolute atomic E-state index is 14.0. The number of amides is 1. The van der Waals surface area contributed by atoms with Gasteiger partial charge in [-0.15, -0.1) is 0 Å². The fourth-order valence-corrected chi connectivity index (χ4v) is 5.08. The van der Waals surface area contributed by atoms with E-state index in [-0.39, 0.29) is 18.1 Å². The molecule has 6 heteroatoms. The smallest absolute Gasteiger partial charge is 0.256 e. The van der Waals surface area contributed by atoms with Crippen LogP contribution in [0.2, 0.25) is 5.02 Å². The number of anilines is 1. The van der Waals surface area contributed by atoms with Gasteiger partial charge in [0.15, 0.2) is 11.5 Å². The molecule has 5 rings (SSSR count). The van der Waals surface area contributed by atoms with Gasteiger partial charge in [0.05, 0.1) is 11.3 Å². The Morgan fingerprint density at radius 2 is 1.75 bits per heavy atom. The molecule has 0 aromatic heterocycles. The van der Waals surface area contributed by atoms with Gasteiger partial charge in [0.2, 0.25) is 6.79 Å². The molecule has 36 heavy (non-hydrogen) atoms. The van der Waals surface area contributed by atoms with Gasteiger partial charge < -0.3 is 19.7 Å². The quantitative estimate of drug-likeness (QED) is 0.410. The van der Waals surface area contributed by atoms with Crippen LogP contribution in [0.25, 0.3) is 0 Å². The lowest BCUT2D eigenvalue weighted by Gasteiger charge is -2.27. The van der Waals surface area contributed by atoms with E-state index in [1.54, 1.807) is 6.07 Å². The predicted octanol–water partition coefficient (Wildman–Crippen LogP) is 6.61. The molecule has 0 fully saturated rings. The van der Waals surface area contributed by atoms with Crippen molar-refractivity contribution in [1.82, 2.24) is 4.90 Å². The van der Waals surface area contributed by atoms with Gasteiger partial charge >= 0.3 is 0 Å². The Hall–Kier alpha value is -3.18. The van der Waals surface area contributed by atoms with Crippen molar-refractivity contribution in [2.45, 2.75) is 52.0 Å². The predicted molar refractivity (Wildman–Crippen MR) is 144 cm³/mol. The summed E-state index contributed by atoms with van der Waals surface area (Å²) in [4.78, 5) is 15.9. The Morgan fingerprint density at radius 3 is 2.53 bits per heavy atom. The minimum Gasteiger partial charge on any atom is -0.454 e. The Kier molecular flexibility index (Phi) is 6.85. The molecule has 188 valence electrons. The van der Waals surface area contributed by atoms with Gasteiger partial charge in [-0.2, -0.15) is 0 Å².